The zero-order valence-electron chi connectivity index (χ0n) is 9.26. The highest BCUT2D eigenvalue weighted by Gasteiger charge is 2.27. The van der Waals surface area contributed by atoms with Crippen LogP contribution in [0.4, 0.5) is 0 Å². The molecule has 0 radical (unpaired) electrons. The van der Waals surface area contributed by atoms with Crippen LogP contribution in [0.5, 0.6) is 0 Å². The highest BCUT2D eigenvalue weighted by Crippen LogP contribution is 2.31. The van der Waals surface area contributed by atoms with Gasteiger partial charge in [-0.25, -0.2) is 0 Å². The molecule has 1 fully saturated rings. The van der Waals surface area contributed by atoms with Gasteiger partial charge in [-0.05, 0) is 31.5 Å². The van der Waals surface area contributed by atoms with Crippen LogP contribution >= 0.6 is 0 Å². The summed E-state index contributed by atoms with van der Waals surface area (Å²) in [5.74, 6) is 0.929. The molecule has 0 unspecified atom stereocenters. The second-order valence-electron chi connectivity index (χ2n) is 4.51. The lowest BCUT2D eigenvalue weighted by Gasteiger charge is -2.36. The third-order valence-electron chi connectivity index (χ3n) is 3.40. The van der Waals surface area contributed by atoms with Gasteiger partial charge in [0, 0.05) is 19.1 Å². The fourth-order valence-corrected chi connectivity index (χ4v) is 2.54. The molecule has 2 nitrogen and oxygen atoms in total. The first-order chi connectivity index (χ1) is 7.31. The molecule has 1 heterocycles. The van der Waals surface area contributed by atoms with Gasteiger partial charge < -0.3 is 10.0 Å². The molecule has 2 atom stereocenters. The minimum atomic E-state index is 0.296. The van der Waals surface area contributed by atoms with E-state index < -0.39 is 0 Å². The zero-order valence-corrected chi connectivity index (χ0v) is 9.26. The maximum absolute atomic E-state index is 9.41. The molecule has 0 saturated carbocycles. The quantitative estimate of drug-likeness (QED) is 0.794. The van der Waals surface area contributed by atoms with Crippen LogP contribution in [0.2, 0.25) is 0 Å². The second kappa shape index (κ2) is 4.77. The van der Waals surface area contributed by atoms with Crippen LogP contribution in [-0.4, -0.2) is 36.8 Å². The maximum atomic E-state index is 9.41. The number of piperidine rings is 1. The molecule has 0 bridgehead atoms. The minimum Gasteiger partial charge on any atom is -0.396 e. The smallest absolute Gasteiger partial charge is 0.0477 e. The van der Waals surface area contributed by atoms with E-state index in [1.807, 2.05) is 6.07 Å². The van der Waals surface area contributed by atoms with Crippen molar-refractivity contribution < 1.29 is 5.11 Å². The molecular formula is C13H19NO. The lowest BCUT2D eigenvalue weighted by molar-refractivity contribution is 0.118. The van der Waals surface area contributed by atoms with Crippen molar-refractivity contribution in [2.24, 2.45) is 5.92 Å². The maximum Gasteiger partial charge on any atom is 0.0477 e. The van der Waals surface area contributed by atoms with Crippen molar-refractivity contribution in [3.8, 4) is 0 Å². The number of hydrogen-bond donors (Lipinski definition) is 1. The SMILES string of the molecule is CN1CC[C@H](c2ccccc2)[C@@H](CO)C1. The normalized spacial score (nSPS) is 27.9. The molecule has 0 spiro atoms. The summed E-state index contributed by atoms with van der Waals surface area (Å²) < 4.78 is 0. The molecule has 82 valence electrons. The third kappa shape index (κ3) is 2.39. The van der Waals surface area contributed by atoms with Crippen LogP contribution in [0.15, 0.2) is 30.3 Å². The van der Waals surface area contributed by atoms with E-state index in [-0.39, 0.29) is 0 Å². The molecule has 1 aliphatic rings. The van der Waals surface area contributed by atoms with Crippen LogP contribution < -0.4 is 0 Å². The fraction of sp³-hybridized carbons (Fsp3) is 0.538. The molecule has 1 saturated heterocycles. The van der Waals surface area contributed by atoms with Gasteiger partial charge in [0.2, 0.25) is 0 Å². The Bertz CT molecular complexity index is 299. The Hall–Kier alpha value is -0.860. The molecule has 0 aromatic heterocycles. The van der Waals surface area contributed by atoms with Crippen LogP contribution in [0, 0.1) is 5.92 Å². The number of likely N-dealkylation sites (tertiary alicyclic amines) is 1. The summed E-state index contributed by atoms with van der Waals surface area (Å²) >= 11 is 0. The molecule has 0 aliphatic carbocycles. The second-order valence-corrected chi connectivity index (χ2v) is 4.51. The first-order valence-corrected chi connectivity index (χ1v) is 5.65. The summed E-state index contributed by atoms with van der Waals surface area (Å²) in [5.41, 5.74) is 1.38. The predicted octanol–water partition coefficient (Wildman–Crippen LogP) is 1.71. The van der Waals surface area contributed by atoms with Crippen molar-refractivity contribution in [2.75, 3.05) is 26.7 Å². The molecule has 1 aliphatic heterocycles. The average Bonchev–Trinajstić information content (AvgIpc) is 2.30. The summed E-state index contributed by atoms with van der Waals surface area (Å²) in [6, 6.07) is 10.6. The number of rotatable bonds is 2. The van der Waals surface area contributed by atoms with Crippen LogP contribution in [0.1, 0.15) is 17.9 Å². The Balaban J connectivity index is 2.14. The highest BCUT2D eigenvalue weighted by molar-refractivity contribution is 5.21. The first-order valence-electron chi connectivity index (χ1n) is 5.65. The Morgan fingerprint density at radius 3 is 2.73 bits per heavy atom. The van der Waals surface area contributed by atoms with E-state index in [4.69, 9.17) is 0 Å². The summed E-state index contributed by atoms with van der Waals surface area (Å²) in [5, 5.41) is 9.41. The lowest BCUT2D eigenvalue weighted by atomic mass is 9.81. The van der Waals surface area contributed by atoms with Gasteiger partial charge in [-0.2, -0.15) is 0 Å². The van der Waals surface area contributed by atoms with E-state index in [1.165, 1.54) is 5.56 Å². The summed E-state index contributed by atoms with van der Waals surface area (Å²) in [7, 11) is 2.13. The molecule has 1 aromatic carbocycles. The molecule has 2 rings (SSSR count). The van der Waals surface area contributed by atoms with Crippen molar-refractivity contribution in [3.63, 3.8) is 0 Å². The number of aliphatic hydroxyl groups excluding tert-OH is 1. The third-order valence-corrected chi connectivity index (χ3v) is 3.40. The van der Waals surface area contributed by atoms with Crippen molar-refractivity contribution >= 4 is 0 Å². The van der Waals surface area contributed by atoms with E-state index in [2.05, 4.69) is 36.2 Å². The molecule has 1 N–H and O–H groups in total. The van der Waals surface area contributed by atoms with Crippen molar-refractivity contribution in [1.29, 1.82) is 0 Å². The Morgan fingerprint density at radius 2 is 2.07 bits per heavy atom. The zero-order chi connectivity index (χ0) is 10.7. The number of nitrogens with zero attached hydrogens (tertiary/aromatic N) is 1. The van der Waals surface area contributed by atoms with Crippen molar-refractivity contribution in [3.05, 3.63) is 35.9 Å². The molecule has 15 heavy (non-hydrogen) atoms. The first kappa shape index (κ1) is 10.7. The standard InChI is InChI=1S/C13H19NO/c1-14-8-7-13(12(9-14)10-15)11-5-3-2-4-6-11/h2-6,12-13,15H,7-10H2,1H3/t12-,13-/m1/s1. The van der Waals surface area contributed by atoms with Gasteiger partial charge >= 0.3 is 0 Å². The fourth-order valence-electron chi connectivity index (χ4n) is 2.54. The molecule has 0 amide bonds. The average molecular weight is 205 g/mol. The minimum absolute atomic E-state index is 0.296. The van der Waals surface area contributed by atoms with Crippen LogP contribution in [-0.2, 0) is 0 Å². The van der Waals surface area contributed by atoms with Crippen molar-refractivity contribution in [2.45, 2.75) is 12.3 Å². The molecule has 2 heteroatoms. The van der Waals surface area contributed by atoms with Gasteiger partial charge in [0.05, 0.1) is 0 Å². The predicted molar refractivity (Wildman–Crippen MR) is 61.9 cm³/mol. The van der Waals surface area contributed by atoms with Gasteiger partial charge in [0.15, 0.2) is 0 Å². The van der Waals surface area contributed by atoms with E-state index in [1.54, 1.807) is 0 Å². The monoisotopic (exact) mass is 205 g/mol. The van der Waals surface area contributed by atoms with Crippen LogP contribution in [0.3, 0.4) is 0 Å². The summed E-state index contributed by atoms with van der Waals surface area (Å²) in [4.78, 5) is 2.31. The summed E-state index contributed by atoms with van der Waals surface area (Å²) in [6.07, 6.45) is 1.16. The van der Waals surface area contributed by atoms with Crippen LogP contribution in [0.25, 0.3) is 0 Å². The highest BCUT2D eigenvalue weighted by atomic mass is 16.3. The van der Waals surface area contributed by atoms with Crippen molar-refractivity contribution in [1.82, 2.24) is 4.90 Å². The number of aliphatic hydroxyl groups is 1. The summed E-state index contributed by atoms with van der Waals surface area (Å²) in [6.45, 7) is 2.44. The Kier molecular flexibility index (Phi) is 3.39. The molecule has 1 aromatic rings. The van der Waals surface area contributed by atoms with Gasteiger partial charge in [-0.1, -0.05) is 30.3 Å². The topological polar surface area (TPSA) is 23.5 Å². The van der Waals surface area contributed by atoms with E-state index >= 15 is 0 Å². The van der Waals surface area contributed by atoms with E-state index in [9.17, 15) is 5.11 Å². The Labute approximate surface area is 91.5 Å². The number of benzene rings is 1. The van der Waals surface area contributed by atoms with E-state index in [0.29, 0.717) is 18.4 Å². The largest absolute Gasteiger partial charge is 0.396 e. The lowest BCUT2D eigenvalue weighted by Crippen LogP contribution is -2.38. The van der Waals surface area contributed by atoms with Gasteiger partial charge in [-0.3, -0.25) is 0 Å². The van der Waals surface area contributed by atoms with Gasteiger partial charge in [0.1, 0.15) is 0 Å². The van der Waals surface area contributed by atoms with Gasteiger partial charge in [0.25, 0.3) is 0 Å². The Morgan fingerprint density at radius 1 is 1.33 bits per heavy atom. The number of hydrogen-bond acceptors (Lipinski definition) is 2. The van der Waals surface area contributed by atoms with Gasteiger partial charge in [-0.15, -0.1) is 0 Å². The van der Waals surface area contributed by atoms with E-state index in [0.717, 1.165) is 19.5 Å². The molecular weight excluding hydrogens is 186 g/mol.